The number of ether oxygens (including phenoxy) is 3. The van der Waals surface area contributed by atoms with Crippen LogP contribution in [0.4, 0.5) is 0 Å². The van der Waals surface area contributed by atoms with Crippen LogP contribution in [0.15, 0.2) is 42.5 Å². The van der Waals surface area contributed by atoms with Crippen LogP contribution in [0.5, 0.6) is 17.2 Å². The van der Waals surface area contributed by atoms with E-state index in [4.69, 9.17) is 19.9 Å². The maximum atomic E-state index is 12.0. The zero-order chi connectivity index (χ0) is 17.6. The van der Waals surface area contributed by atoms with Gasteiger partial charge >= 0.3 is 0 Å². The molecule has 1 aliphatic heterocycles. The monoisotopic (exact) mass is 344 g/mol. The summed E-state index contributed by atoms with van der Waals surface area (Å²) in [6.45, 7) is 0.756. The summed E-state index contributed by atoms with van der Waals surface area (Å²) in [5, 5.41) is 12.6. The molecule has 2 aromatic rings. The van der Waals surface area contributed by atoms with Gasteiger partial charge in [-0.15, -0.1) is 0 Å². The van der Waals surface area contributed by atoms with E-state index in [0.717, 1.165) is 5.56 Å². The summed E-state index contributed by atoms with van der Waals surface area (Å²) in [6.07, 6.45) is -0.835. The van der Waals surface area contributed by atoms with Crippen LogP contribution in [-0.4, -0.2) is 37.1 Å². The molecular weight excluding hydrogens is 324 g/mol. The van der Waals surface area contributed by atoms with Gasteiger partial charge in [-0.05, 0) is 29.8 Å². The van der Waals surface area contributed by atoms with Gasteiger partial charge in [-0.25, -0.2) is 0 Å². The molecular formula is C18H20N2O5. The second-order valence-electron chi connectivity index (χ2n) is 5.59. The SMILES string of the molecule is NCc1ccc(C(=O)NCC(O)COc2ccc3c(c2)OCO3)cc1. The zero-order valence-corrected chi connectivity index (χ0v) is 13.6. The molecule has 1 heterocycles. The number of hydrogen-bond donors (Lipinski definition) is 3. The number of benzene rings is 2. The molecule has 1 aliphatic rings. The fraction of sp³-hybridized carbons (Fsp3) is 0.278. The molecule has 7 nitrogen and oxygen atoms in total. The molecule has 0 fully saturated rings. The maximum Gasteiger partial charge on any atom is 0.251 e. The van der Waals surface area contributed by atoms with E-state index in [1.807, 2.05) is 0 Å². The Balaban J connectivity index is 1.44. The van der Waals surface area contributed by atoms with Gasteiger partial charge in [0, 0.05) is 24.7 Å². The predicted octanol–water partition coefficient (Wildman–Crippen LogP) is 1.04. The first kappa shape index (κ1) is 17.1. The smallest absolute Gasteiger partial charge is 0.251 e. The van der Waals surface area contributed by atoms with Crippen molar-refractivity contribution in [1.82, 2.24) is 5.32 Å². The molecule has 2 aromatic carbocycles. The van der Waals surface area contributed by atoms with E-state index in [2.05, 4.69) is 5.32 Å². The van der Waals surface area contributed by atoms with E-state index in [0.29, 0.717) is 29.4 Å². The molecule has 0 bridgehead atoms. The molecule has 132 valence electrons. The van der Waals surface area contributed by atoms with Crippen molar-refractivity contribution >= 4 is 5.91 Å². The van der Waals surface area contributed by atoms with Crippen molar-refractivity contribution in [3.05, 3.63) is 53.6 Å². The first-order valence-electron chi connectivity index (χ1n) is 7.93. The first-order valence-corrected chi connectivity index (χ1v) is 7.93. The molecule has 0 radical (unpaired) electrons. The highest BCUT2D eigenvalue weighted by Crippen LogP contribution is 2.35. The minimum absolute atomic E-state index is 0.0477. The van der Waals surface area contributed by atoms with Crippen molar-refractivity contribution in [2.75, 3.05) is 19.9 Å². The number of nitrogens with two attached hydrogens (primary N) is 1. The summed E-state index contributed by atoms with van der Waals surface area (Å²) in [5.74, 6) is 1.58. The van der Waals surface area contributed by atoms with Crippen LogP contribution < -0.4 is 25.3 Å². The second kappa shape index (κ2) is 7.87. The number of amides is 1. The van der Waals surface area contributed by atoms with Crippen LogP contribution in [0.1, 0.15) is 15.9 Å². The molecule has 4 N–H and O–H groups in total. The molecule has 1 amide bonds. The fourth-order valence-electron chi connectivity index (χ4n) is 2.32. The van der Waals surface area contributed by atoms with Gasteiger partial charge in [0.1, 0.15) is 18.5 Å². The quantitative estimate of drug-likeness (QED) is 0.694. The Morgan fingerprint density at radius 2 is 1.96 bits per heavy atom. The lowest BCUT2D eigenvalue weighted by atomic mass is 10.1. The highest BCUT2D eigenvalue weighted by Gasteiger charge is 2.15. The van der Waals surface area contributed by atoms with Crippen molar-refractivity contribution in [3.63, 3.8) is 0 Å². The summed E-state index contributed by atoms with van der Waals surface area (Å²) in [7, 11) is 0. The first-order chi connectivity index (χ1) is 12.2. The molecule has 3 rings (SSSR count). The van der Waals surface area contributed by atoms with E-state index in [-0.39, 0.29) is 25.9 Å². The average molecular weight is 344 g/mol. The van der Waals surface area contributed by atoms with Crippen LogP contribution in [-0.2, 0) is 6.54 Å². The van der Waals surface area contributed by atoms with Gasteiger partial charge < -0.3 is 30.4 Å². The van der Waals surface area contributed by atoms with Gasteiger partial charge in [0.2, 0.25) is 6.79 Å². The summed E-state index contributed by atoms with van der Waals surface area (Å²) < 4.78 is 16.0. The predicted molar refractivity (Wildman–Crippen MR) is 90.7 cm³/mol. The number of fused-ring (bicyclic) bond motifs is 1. The largest absolute Gasteiger partial charge is 0.491 e. The summed E-state index contributed by atoms with van der Waals surface area (Å²) in [5.41, 5.74) is 6.99. The standard InChI is InChI=1S/C18H20N2O5/c19-8-12-1-3-13(4-2-12)18(22)20-9-14(21)10-23-15-5-6-16-17(7-15)25-11-24-16/h1-7,14,21H,8-11,19H2,(H,20,22). The van der Waals surface area contributed by atoms with Crippen molar-refractivity contribution < 1.29 is 24.1 Å². The van der Waals surface area contributed by atoms with E-state index in [9.17, 15) is 9.90 Å². The molecule has 25 heavy (non-hydrogen) atoms. The minimum Gasteiger partial charge on any atom is -0.491 e. The highest BCUT2D eigenvalue weighted by atomic mass is 16.7. The minimum atomic E-state index is -0.835. The van der Waals surface area contributed by atoms with E-state index in [1.165, 1.54) is 0 Å². The number of carbonyl (C=O) groups is 1. The third-order valence-electron chi connectivity index (χ3n) is 3.74. The van der Waals surface area contributed by atoms with Gasteiger partial charge in [-0.2, -0.15) is 0 Å². The Labute approximate surface area is 145 Å². The summed E-state index contributed by atoms with van der Waals surface area (Å²) in [6, 6.07) is 12.2. The van der Waals surface area contributed by atoms with Crippen molar-refractivity contribution in [1.29, 1.82) is 0 Å². The number of carbonyl (C=O) groups excluding carboxylic acids is 1. The molecule has 1 atom stereocenters. The summed E-state index contributed by atoms with van der Waals surface area (Å²) in [4.78, 5) is 12.0. The normalized spacial score (nSPS) is 13.4. The number of aliphatic hydroxyl groups excluding tert-OH is 1. The van der Waals surface area contributed by atoms with Crippen LogP contribution in [0.25, 0.3) is 0 Å². The third-order valence-corrected chi connectivity index (χ3v) is 3.74. The summed E-state index contributed by atoms with van der Waals surface area (Å²) >= 11 is 0. The number of nitrogens with one attached hydrogen (secondary N) is 1. The van der Waals surface area contributed by atoms with Crippen molar-refractivity contribution in [2.45, 2.75) is 12.6 Å². The maximum absolute atomic E-state index is 12.0. The van der Waals surface area contributed by atoms with E-state index >= 15 is 0 Å². The Hall–Kier alpha value is -2.77. The Kier molecular flexibility index (Phi) is 5.37. The van der Waals surface area contributed by atoms with Crippen LogP contribution >= 0.6 is 0 Å². The van der Waals surface area contributed by atoms with Gasteiger partial charge in [0.05, 0.1) is 0 Å². The van der Waals surface area contributed by atoms with Crippen LogP contribution in [0.3, 0.4) is 0 Å². The van der Waals surface area contributed by atoms with Gasteiger partial charge in [0.15, 0.2) is 11.5 Å². The molecule has 0 aliphatic carbocycles. The lowest BCUT2D eigenvalue weighted by Gasteiger charge is -2.13. The molecule has 0 saturated carbocycles. The van der Waals surface area contributed by atoms with E-state index in [1.54, 1.807) is 42.5 Å². The lowest BCUT2D eigenvalue weighted by molar-refractivity contribution is 0.0843. The van der Waals surface area contributed by atoms with Gasteiger partial charge in [0.25, 0.3) is 5.91 Å². The fourth-order valence-corrected chi connectivity index (χ4v) is 2.32. The Morgan fingerprint density at radius 1 is 1.20 bits per heavy atom. The molecule has 0 aromatic heterocycles. The topological polar surface area (TPSA) is 103 Å². The van der Waals surface area contributed by atoms with E-state index < -0.39 is 6.10 Å². The highest BCUT2D eigenvalue weighted by molar-refractivity contribution is 5.94. The van der Waals surface area contributed by atoms with Crippen LogP contribution in [0, 0.1) is 0 Å². The number of aliphatic hydroxyl groups is 1. The lowest BCUT2D eigenvalue weighted by Crippen LogP contribution is -2.35. The van der Waals surface area contributed by atoms with Crippen molar-refractivity contribution in [2.24, 2.45) is 5.73 Å². The van der Waals surface area contributed by atoms with Gasteiger partial charge in [-0.3, -0.25) is 4.79 Å². The average Bonchev–Trinajstić information content (AvgIpc) is 3.12. The molecule has 1 unspecified atom stereocenters. The molecule has 0 saturated heterocycles. The Bertz CT molecular complexity index is 733. The zero-order valence-electron chi connectivity index (χ0n) is 13.6. The number of hydrogen-bond acceptors (Lipinski definition) is 6. The third kappa shape index (κ3) is 4.40. The molecule has 0 spiro atoms. The second-order valence-corrected chi connectivity index (χ2v) is 5.59. The van der Waals surface area contributed by atoms with Gasteiger partial charge in [-0.1, -0.05) is 12.1 Å². The Morgan fingerprint density at radius 3 is 2.72 bits per heavy atom. The molecule has 7 heteroatoms. The van der Waals surface area contributed by atoms with Crippen LogP contribution in [0.2, 0.25) is 0 Å². The van der Waals surface area contributed by atoms with Crippen molar-refractivity contribution in [3.8, 4) is 17.2 Å². The number of rotatable bonds is 7.